The lowest BCUT2D eigenvalue weighted by Crippen LogP contribution is -2.40. The van der Waals surface area contributed by atoms with E-state index in [-0.39, 0.29) is 17.7 Å². The zero-order chi connectivity index (χ0) is 15.5. The molecule has 2 saturated heterocycles. The second-order valence-electron chi connectivity index (χ2n) is 6.28. The smallest absolute Gasteiger partial charge is 0.227 e. The van der Waals surface area contributed by atoms with Crippen LogP contribution in [0.2, 0.25) is 0 Å². The van der Waals surface area contributed by atoms with Gasteiger partial charge < -0.3 is 15.5 Å². The summed E-state index contributed by atoms with van der Waals surface area (Å²) in [4.78, 5) is 26.1. The highest BCUT2D eigenvalue weighted by Crippen LogP contribution is 2.25. The number of amides is 2. The molecule has 0 aromatic heterocycles. The lowest BCUT2D eigenvalue weighted by Gasteiger charge is -2.17. The van der Waals surface area contributed by atoms with Gasteiger partial charge in [0.25, 0.3) is 0 Å². The number of aryl methyl sites for hydroxylation is 1. The van der Waals surface area contributed by atoms with Gasteiger partial charge in [0.2, 0.25) is 11.8 Å². The van der Waals surface area contributed by atoms with Gasteiger partial charge in [0.15, 0.2) is 0 Å². The van der Waals surface area contributed by atoms with Crippen LogP contribution in [0.1, 0.15) is 24.8 Å². The molecule has 0 spiro atoms. The lowest BCUT2D eigenvalue weighted by molar-refractivity contribution is -0.126. The van der Waals surface area contributed by atoms with Gasteiger partial charge in [-0.3, -0.25) is 9.59 Å². The zero-order valence-electron chi connectivity index (χ0n) is 13.0. The van der Waals surface area contributed by atoms with E-state index in [0.29, 0.717) is 25.6 Å². The average Bonchev–Trinajstić information content (AvgIpc) is 3.15. The lowest BCUT2D eigenvalue weighted by atomic mass is 10.1. The maximum absolute atomic E-state index is 12.3. The minimum absolute atomic E-state index is 0.00309. The van der Waals surface area contributed by atoms with E-state index in [1.807, 2.05) is 31.2 Å². The van der Waals surface area contributed by atoms with E-state index in [2.05, 4.69) is 10.6 Å². The predicted molar refractivity (Wildman–Crippen MR) is 85.7 cm³/mol. The third-order valence-electron chi connectivity index (χ3n) is 4.53. The molecule has 2 atom stereocenters. The first-order valence-corrected chi connectivity index (χ1v) is 8.01. The van der Waals surface area contributed by atoms with Crippen molar-refractivity contribution in [3.05, 3.63) is 29.8 Å². The molecular formula is C17H23N3O2. The second kappa shape index (κ2) is 6.48. The number of benzene rings is 1. The molecule has 118 valence electrons. The first-order chi connectivity index (χ1) is 10.6. The summed E-state index contributed by atoms with van der Waals surface area (Å²) in [6.45, 7) is 4.19. The molecule has 5 nitrogen and oxygen atoms in total. The molecular weight excluding hydrogens is 278 g/mol. The molecule has 2 unspecified atom stereocenters. The van der Waals surface area contributed by atoms with E-state index in [9.17, 15) is 9.59 Å². The molecule has 22 heavy (non-hydrogen) atoms. The highest BCUT2D eigenvalue weighted by molar-refractivity contribution is 6.00. The highest BCUT2D eigenvalue weighted by atomic mass is 16.2. The molecule has 2 aliphatic rings. The zero-order valence-corrected chi connectivity index (χ0v) is 13.0. The number of carbonyl (C=O) groups excluding carboxylic acids is 2. The van der Waals surface area contributed by atoms with E-state index in [0.717, 1.165) is 24.2 Å². The van der Waals surface area contributed by atoms with Crippen molar-refractivity contribution in [3.8, 4) is 0 Å². The van der Waals surface area contributed by atoms with E-state index in [1.165, 1.54) is 6.42 Å². The maximum atomic E-state index is 12.3. The minimum atomic E-state index is -0.241. The molecule has 2 heterocycles. The third kappa shape index (κ3) is 3.30. The summed E-state index contributed by atoms with van der Waals surface area (Å²) < 4.78 is 0. The van der Waals surface area contributed by atoms with Crippen LogP contribution in [-0.4, -0.2) is 37.5 Å². The van der Waals surface area contributed by atoms with Crippen molar-refractivity contribution in [1.29, 1.82) is 0 Å². The minimum Gasteiger partial charge on any atom is -0.354 e. The first kappa shape index (κ1) is 15.0. The summed E-state index contributed by atoms with van der Waals surface area (Å²) >= 11 is 0. The normalized spacial score (nSPS) is 24.8. The quantitative estimate of drug-likeness (QED) is 0.879. The van der Waals surface area contributed by atoms with E-state index < -0.39 is 0 Å². The van der Waals surface area contributed by atoms with Crippen molar-refractivity contribution in [2.24, 2.45) is 5.92 Å². The molecule has 0 radical (unpaired) electrons. The van der Waals surface area contributed by atoms with Gasteiger partial charge >= 0.3 is 0 Å². The summed E-state index contributed by atoms with van der Waals surface area (Å²) in [7, 11) is 0. The Labute approximate surface area is 131 Å². The first-order valence-electron chi connectivity index (χ1n) is 8.01. The van der Waals surface area contributed by atoms with Crippen molar-refractivity contribution in [2.45, 2.75) is 32.2 Å². The predicted octanol–water partition coefficient (Wildman–Crippen LogP) is 1.22. The van der Waals surface area contributed by atoms with Gasteiger partial charge in [0.1, 0.15) is 0 Å². The number of rotatable bonds is 4. The summed E-state index contributed by atoms with van der Waals surface area (Å²) in [6.07, 6.45) is 2.58. The second-order valence-corrected chi connectivity index (χ2v) is 6.28. The number of anilines is 1. The molecule has 2 fully saturated rings. The molecule has 0 bridgehead atoms. The molecule has 5 heteroatoms. The highest BCUT2D eigenvalue weighted by Gasteiger charge is 2.35. The van der Waals surface area contributed by atoms with Crippen molar-refractivity contribution < 1.29 is 9.59 Å². The van der Waals surface area contributed by atoms with Crippen LogP contribution < -0.4 is 15.5 Å². The fraction of sp³-hybridized carbons (Fsp3) is 0.529. The third-order valence-corrected chi connectivity index (χ3v) is 4.53. The van der Waals surface area contributed by atoms with Crippen LogP contribution >= 0.6 is 0 Å². The monoisotopic (exact) mass is 301 g/mol. The Kier molecular flexibility index (Phi) is 4.43. The Morgan fingerprint density at radius 3 is 2.82 bits per heavy atom. The largest absolute Gasteiger partial charge is 0.354 e. The number of nitrogens with one attached hydrogen (secondary N) is 2. The Morgan fingerprint density at radius 2 is 2.14 bits per heavy atom. The van der Waals surface area contributed by atoms with Crippen molar-refractivity contribution >= 4 is 17.5 Å². The molecule has 2 N–H and O–H groups in total. The van der Waals surface area contributed by atoms with E-state index in [1.54, 1.807) is 4.90 Å². The van der Waals surface area contributed by atoms with Gasteiger partial charge in [-0.15, -0.1) is 0 Å². The SMILES string of the molecule is Cc1ccc(N2CC(C(=O)NCC3CCCN3)CC2=O)cc1. The topological polar surface area (TPSA) is 61.4 Å². The summed E-state index contributed by atoms with van der Waals surface area (Å²) in [5, 5.41) is 6.35. The van der Waals surface area contributed by atoms with Crippen LogP contribution in [0.4, 0.5) is 5.69 Å². The number of hydrogen-bond acceptors (Lipinski definition) is 3. The van der Waals surface area contributed by atoms with Gasteiger partial charge in [-0.2, -0.15) is 0 Å². The van der Waals surface area contributed by atoms with Crippen molar-refractivity contribution in [2.75, 3.05) is 24.5 Å². The molecule has 1 aromatic carbocycles. The summed E-state index contributed by atoms with van der Waals surface area (Å²) in [6, 6.07) is 8.24. The van der Waals surface area contributed by atoms with Crippen LogP contribution in [0.3, 0.4) is 0 Å². The van der Waals surface area contributed by atoms with Gasteiger partial charge in [0.05, 0.1) is 5.92 Å². The molecule has 0 saturated carbocycles. The fourth-order valence-corrected chi connectivity index (χ4v) is 3.16. The standard InChI is InChI=1S/C17H23N3O2/c1-12-4-6-15(7-5-12)20-11-13(9-16(20)21)17(22)19-10-14-3-2-8-18-14/h4-7,13-14,18H,2-3,8-11H2,1H3,(H,19,22). The van der Waals surface area contributed by atoms with Crippen molar-refractivity contribution in [3.63, 3.8) is 0 Å². The van der Waals surface area contributed by atoms with E-state index in [4.69, 9.17) is 0 Å². The Balaban J connectivity index is 1.56. The molecule has 2 aliphatic heterocycles. The van der Waals surface area contributed by atoms with Gasteiger partial charge in [-0.1, -0.05) is 17.7 Å². The Morgan fingerprint density at radius 1 is 1.36 bits per heavy atom. The van der Waals surface area contributed by atoms with Crippen LogP contribution in [-0.2, 0) is 9.59 Å². The molecule has 2 amide bonds. The Hall–Kier alpha value is -1.88. The number of carbonyl (C=O) groups is 2. The van der Waals surface area contributed by atoms with Gasteiger partial charge in [0, 0.05) is 31.2 Å². The van der Waals surface area contributed by atoms with E-state index >= 15 is 0 Å². The van der Waals surface area contributed by atoms with Crippen molar-refractivity contribution in [1.82, 2.24) is 10.6 Å². The number of nitrogens with zero attached hydrogens (tertiary/aromatic N) is 1. The number of hydrogen-bond donors (Lipinski definition) is 2. The molecule has 3 rings (SSSR count). The summed E-state index contributed by atoms with van der Waals surface area (Å²) in [5.74, 6) is -0.213. The van der Waals surface area contributed by atoms with Gasteiger partial charge in [-0.05, 0) is 38.4 Å². The Bertz CT molecular complexity index is 550. The van der Waals surface area contributed by atoms with Crippen LogP contribution in [0.5, 0.6) is 0 Å². The van der Waals surface area contributed by atoms with Crippen LogP contribution in [0.15, 0.2) is 24.3 Å². The van der Waals surface area contributed by atoms with Crippen LogP contribution in [0.25, 0.3) is 0 Å². The molecule has 0 aliphatic carbocycles. The van der Waals surface area contributed by atoms with Gasteiger partial charge in [-0.25, -0.2) is 0 Å². The molecule has 1 aromatic rings. The van der Waals surface area contributed by atoms with Crippen LogP contribution in [0, 0.1) is 12.8 Å². The fourth-order valence-electron chi connectivity index (χ4n) is 3.16. The summed E-state index contributed by atoms with van der Waals surface area (Å²) in [5.41, 5.74) is 2.04. The maximum Gasteiger partial charge on any atom is 0.227 e. The average molecular weight is 301 g/mol.